The maximum atomic E-state index is 13.2. The van der Waals surface area contributed by atoms with Crippen molar-refractivity contribution in [2.45, 2.75) is 12.6 Å². The number of aliphatic carboxylic acids is 1. The second kappa shape index (κ2) is 5.12. The van der Waals surface area contributed by atoms with Gasteiger partial charge in [-0.25, -0.2) is 9.18 Å². The zero-order chi connectivity index (χ0) is 13.1. The highest BCUT2D eigenvalue weighted by Gasteiger charge is 2.22. The molecule has 1 N–H and O–H groups in total. The molecule has 5 nitrogen and oxygen atoms in total. The summed E-state index contributed by atoms with van der Waals surface area (Å²) >= 11 is 0. The van der Waals surface area contributed by atoms with E-state index in [2.05, 4.69) is 0 Å². The summed E-state index contributed by atoms with van der Waals surface area (Å²) in [5, 5.41) is 8.55. The highest BCUT2D eigenvalue weighted by Crippen LogP contribution is 2.40. The summed E-state index contributed by atoms with van der Waals surface area (Å²) in [6.45, 7) is 0.821. The van der Waals surface area contributed by atoms with Crippen LogP contribution >= 0.6 is 0 Å². The highest BCUT2D eigenvalue weighted by atomic mass is 19.1. The van der Waals surface area contributed by atoms with E-state index in [1.54, 1.807) is 12.1 Å². The number of carbonyl (C=O) groups is 1. The Balaban J connectivity index is 2.29. The van der Waals surface area contributed by atoms with Crippen molar-refractivity contribution in [3.05, 3.63) is 17.7 Å². The summed E-state index contributed by atoms with van der Waals surface area (Å²) < 4.78 is 29.1. The number of ether oxygens (including phenoxy) is 3. The molecule has 1 unspecified atom stereocenters. The maximum Gasteiger partial charge on any atom is 0.338 e. The van der Waals surface area contributed by atoms with Gasteiger partial charge in [0.15, 0.2) is 11.5 Å². The predicted octanol–water partition coefficient (Wildman–Crippen LogP) is 1.43. The molecule has 1 aromatic rings. The Morgan fingerprint density at radius 3 is 2.89 bits per heavy atom. The van der Waals surface area contributed by atoms with Gasteiger partial charge in [0.05, 0.1) is 7.11 Å². The van der Waals surface area contributed by atoms with Gasteiger partial charge in [0, 0.05) is 6.42 Å². The summed E-state index contributed by atoms with van der Waals surface area (Å²) in [7, 11) is 1.46. The third-order valence-corrected chi connectivity index (χ3v) is 2.57. The van der Waals surface area contributed by atoms with Gasteiger partial charge in [0.25, 0.3) is 0 Å². The Kier molecular flexibility index (Phi) is 3.55. The van der Waals surface area contributed by atoms with Gasteiger partial charge in [-0.15, -0.1) is 0 Å². The van der Waals surface area contributed by atoms with Crippen molar-refractivity contribution in [2.24, 2.45) is 0 Å². The molecule has 0 aromatic heterocycles. The minimum absolute atomic E-state index is 0.234. The molecule has 0 saturated carbocycles. The number of benzene rings is 1. The van der Waals surface area contributed by atoms with Crippen LogP contribution in [0.4, 0.5) is 4.39 Å². The second-order valence-corrected chi connectivity index (χ2v) is 3.83. The predicted molar refractivity (Wildman–Crippen MR) is 60.2 cm³/mol. The minimum Gasteiger partial charge on any atom is -0.493 e. The Bertz CT molecular complexity index is 443. The number of hydrogen-bond acceptors (Lipinski definition) is 4. The second-order valence-electron chi connectivity index (χ2n) is 3.83. The Morgan fingerprint density at radius 2 is 2.22 bits per heavy atom. The van der Waals surface area contributed by atoms with Crippen LogP contribution in [0.2, 0.25) is 0 Å². The van der Waals surface area contributed by atoms with Crippen LogP contribution in [0.15, 0.2) is 12.1 Å². The topological polar surface area (TPSA) is 65.0 Å². The van der Waals surface area contributed by atoms with Gasteiger partial charge in [-0.3, -0.25) is 0 Å². The van der Waals surface area contributed by atoms with E-state index in [4.69, 9.17) is 19.3 Å². The number of carboxylic acid groups (broad SMARTS) is 1. The number of alkyl halides is 1. The Morgan fingerprint density at radius 1 is 1.50 bits per heavy atom. The largest absolute Gasteiger partial charge is 0.493 e. The van der Waals surface area contributed by atoms with E-state index in [-0.39, 0.29) is 6.42 Å². The number of hydrogen-bond donors (Lipinski definition) is 1. The van der Waals surface area contributed by atoms with E-state index >= 15 is 0 Å². The SMILES string of the molecule is COc1cc(CC(F)C(=O)O)cc2c1OCCO2. The first-order chi connectivity index (χ1) is 8.61. The first-order valence-electron chi connectivity index (χ1n) is 5.45. The number of fused-ring (bicyclic) bond motifs is 1. The van der Waals surface area contributed by atoms with Crippen LogP contribution in [0, 0.1) is 0 Å². The molecule has 1 aromatic carbocycles. The Hall–Kier alpha value is -1.98. The van der Waals surface area contributed by atoms with E-state index in [1.165, 1.54) is 7.11 Å². The van der Waals surface area contributed by atoms with Crippen molar-refractivity contribution in [3.8, 4) is 17.2 Å². The molecule has 6 heteroatoms. The molecule has 0 bridgehead atoms. The first kappa shape index (κ1) is 12.5. The van der Waals surface area contributed by atoms with Crippen LogP contribution in [0.3, 0.4) is 0 Å². The normalized spacial score (nSPS) is 15.0. The molecule has 0 saturated heterocycles. The van der Waals surface area contributed by atoms with Crippen molar-refractivity contribution in [1.82, 2.24) is 0 Å². The fourth-order valence-electron chi connectivity index (χ4n) is 1.74. The van der Waals surface area contributed by atoms with Gasteiger partial charge in [0.1, 0.15) is 13.2 Å². The number of carboxylic acids is 1. The van der Waals surface area contributed by atoms with Crippen LogP contribution in [0.5, 0.6) is 17.2 Å². The van der Waals surface area contributed by atoms with Gasteiger partial charge in [-0.1, -0.05) is 0 Å². The van der Waals surface area contributed by atoms with Crippen molar-refractivity contribution in [3.63, 3.8) is 0 Å². The van der Waals surface area contributed by atoms with E-state index in [0.29, 0.717) is 36.0 Å². The third-order valence-electron chi connectivity index (χ3n) is 2.57. The van der Waals surface area contributed by atoms with Gasteiger partial charge in [-0.05, 0) is 17.7 Å². The van der Waals surface area contributed by atoms with Crippen LogP contribution in [0.1, 0.15) is 5.56 Å². The summed E-state index contributed by atoms with van der Waals surface area (Å²) in [6.07, 6.45) is -2.18. The lowest BCUT2D eigenvalue weighted by atomic mass is 10.1. The van der Waals surface area contributed by atoms with Crippen LogP contribution in [-0.2, 0) is 11.2 Å². The molecule has 0 aliphatic carbocycles. The molecule has 98 valence electrons. The van der Waals surface area contributed by atoms with E-state index in [1.807, 2.05) is 0 Å². The van der Waals surface area contributed by atoms with Crippen LogP contribution in [0.25, 0.3) is 0 Å². The molecule has 0 radical (unpaired) electrons. The van der Waals surface area contributed by atoms with Gasteiger partial charge in [-0.2, -0.15) is 0 Å². The monoisotopic (exact) mass is 256 g/mol. The minimum atomic E-state index is -1.95. The highest BCUT2D eigenvalue weighted by molar-refractivity contribution is 5.72. The van der Waals surface area contributed by atoms with E-state index < -0.39 is 12.1 Å². The first-order valence-corrected chi connectivity index (χ1v) is 5.45. The fourth-order valence-corrected chi connectivity index (χ4v) is 1.74. The molecule has 1 aliphatic heterocycles. The molecule has 0 spiro atoms. The molecule has 0 fully saturated rings. The maximum absolute atomic E-state index is 13.2. The molecule has 2 rings (SSSR count). The van der Waals surface area contributed by atoms with E-state index in [9.17, 15) is 9.18 Å². The quantitative estimate of drug-likeness (QED) is 0.882. The average molecular weight is 256 g/mol. The molecule has 0 amide bonds. The summed E-state index contributed by atoms with van der Waals surface area (Å²) in [5.74, 6) is -0.143. The number of rotatable bonds is 4. The summed E-state index contributed by atoms with van der Waals surface area (Å²) in [4.78, 5) is 10.5. The van der Waals surface area contributed by atoms with Crippen molar-refractivity contribution < 1.29 is 28.5 Å². The zero-order valence-corrected chi connectivity index (χ0v) is 9.81. The third kappa shape index (κ3) is 2.47. The van der Waals surface area contributed by atoms with Gasteiger partial charge in [0.2, 0.25) is 11.9 Å². The van der Waals surface area contributed by atoms with Gasteiger partial charge >= 0.3 is 5.97 Å². The van der Waals surface area contributed by atoms with E-state index in [0.717, 1.165) is 0 Å². The van der Waals surface area contributed by atoms with Crippen molar-refractivity contribution >= 4 is 5.97 Å². The van der Waals surface area contributed by atoms with Crippen LogP contribution in [-0.4, -0.2) is 37.6 Å². The molecular formula is C12H13FO5. The summed E-state index contributed by atoms with van der Waals surface area (Å²) in [6, 6.07) is 3.13. The number of methoxy groups -OCH3 is 1. The molecule has 1 atom stereocenters. The average Bonchev–Trinajstić information content (AvgIpc) is 2.37. The summed E-state index contributed by atoms with van der Waals surface area (Å²) in [5.41, 5.74) is 0.492. The van der Waals surface area contributed by atoms with Gasteiger partial charge < -0.3 is 19.3 Å². The lowest BCUT2D eigenvalue weighted by Gasteiger charge is -2.21. The lowest BCUT2D eigenvalue weighted by Crippen LogP contribution is -2.19. The number of halogens is 1. The smallest absolute Gasteiger partial charge is 0.338 e. The molecular weight excluding hydrogens is 243 g/mol. The lowest BCUT2D eigenvalue weighted by molar-refractivity contribution is -0.142. The standard InChI is InChI=1S/C12H13FO5/c1-16-9-5-7(4-8(13)12(14)15)6-10-11(9)18-3-2-17-10/h5-6,8H,2-4H2,1H3,(H,14,15). The Labute approximate surface area is 103 Å². The van der Waals surface area contributed by atoms with Crippen molar-refractivity contribution in [2.75, 3.05) is 20.3 Å². The molecule has 1 heterocycles. The van der Waals surface area contributed by atoms with Crippen LogP contribution < -0.4 is 14.2 Å². The molecule has 1 aliphatic rings. The molecule has 18 heavy (non-hydrogen) atoms. The zero-order valence-electron chi connectivity index (χ0n) is 9.81. The van der Waals surface area contributed by atoms with Crippen molar-refractivity contribution in [1.29, 1.82) is 0 Å². The fraction of sp³-hybridized carbons (Fsp3) is 0.417.